The molecule has 2 aromatic carbocycles. The predicted octanol–water partition coefficient (Wildman–Crippen LogP) is 2.23. The molecule has 3 rings (SSSR count). The summed E-state index contributed by atoms with van der Waals surface area (Å²) in [5.41, 5.74) is 1.04. The van der Waals surface area contributed by atoms with Gasteiger partial charge in [0.15, 0.2) is 6.61 Å². The number of imide groups is 1. The highest BCUT2D eigenvalue weighted by Crippen LogP contribution is 2.22. The summed E-state index contributed by atoms with van der Waals surface area (Å²) in [6.07, 6.45) is 0. The molecule has 0 aliphatic carbocycles. The van der Waals surface area contributed by atoms with E-state index in [0.717, 1.165) is 9.37 Å². The third-order valence-corrected chi connectivity index (χ3v) is 4.13. The Kier molecular flexibility index (Phi) is 5.13. The lowest BCUT2D eigenvalue weighted by Gasteiger charge is -2.13. The highest BCUT2D eigenvalue weighted by molar-refractivity contribution is 9.10. The first-order valence-corrected chi connectivity index (χ1v) is 8.41. The fourth-order valence-electron chi connectivity index (χ4n) is 2.47. The van der Waals surface area contributed by atoms with E-state index in [2.05, 4.69) is 21.2 Å². The highest BCUT2D eigenvalue weighted by Gasteiger charge is 2.36. The maximum Gasteiger partial charge on any atom is 0.326 e. The zero-order valence-electron chi connectivity index (χ0n) is 13.4. The number of amides is 3. The molecule has 0 atom stereocenters. The van der Waals surface area contributed by atoms with Crippen molar-refractivity contribution in [2.45, 2.75) is 0 Å². The van der Waals surface area contributed by atoms with Crippen molar-refractivity contribution >= 4 is 45.3 Å². The minimum atomic E-state index is -0.844. The molecule has 0 spiro atoms. The number of ether oxygens (including phenoxy) is 1. The van der Waals surface area contributed by atoms with Gasteiger partial charge in [-0.15, -0.1) is 0 Å². The molecule has 1 N–H and O–H groups in total. The summed E-state index contributed by atoms with van der Waals surface area (Å²) in [6, 6.07) is 13.2. The van der Waals surface area contributed by atoms with Crippen molar-refractivity contribution in [1.29, 1.82) is 0 Å². The summed E-state index contributed by atoms with van der Waals surface area (Å²) in [6.45, 7) is -1.06. The molecular formula is C18H13BrN2O5. The van der Waals surface area contributed by atoms with Crippen molar-refractivity contribution in [2.24, 2.45) is 0 Å². The number of carbonyl (C=O) groups is 4. The molecule has 0 saturated carbocycles. The molecule has 132 valence electrons. The van der Waals surface area contributed by atoms with Crippen LogP contribution in [0.15, 0.2) is 53.0 Å². The maximum atomic E-state index is 12.2. The van der Waals surface area contributed by atoms with Crippen LogP contribution in [0.25, 0.3) is 0 Å². The third-order valence-electron chi connectivity index (χ3n) is 3.64. The Hall–Kier alpha value is -3.00. The van der Waals surface area contributed by atoms with E-state index in [1.165, 1.54) is 12.1 Å². The molecule has 7 nitrogen and oxygen atoms in total. The quantitative estimate of drug-likeness (QED) is 0.595. The van der Waals surface area contributed by atoms with Gasteiger partial charge in [-0.25, -0.2) is 0 Å². The molecule has 0 bridgehead atoms. The van der Waals surface area contributed by atoms with Gasteiger partial charge >= 0.3 is 5.97 Å². The molecule has 2 aromatic rings. The van der Waals surface area contributed by atoms with E-state index in [1.54, 1.807) is 36.4 Å². The number of fused-ring (bicyclic) bond motifs is 1. The maximum absolute atomic E-state index is 12.2. The number of esters is 1. The van der Waals surface area contributed by atoms with Gasteiger partial charge in [0.1, 0.15) is 6.54 Å². The second-order valence-electron chi connectivity index (χ2n) is 5.46. The fourth-order valence-corrected chi connectivity index (χ4v) is 2.87. The van der Waals surface area contributed by atoms with Crippen molar-refractivity contribution in [1.82, 2.24) is 4.90 Å². The fraction of sp³-hybridized carbons (Fsp3) is 0.111. The smallest absolute Gasteiger partial charge is 0.326 e. The SMILES string of the molecule is O=C(COC(=O)CN1C(=O)c2ccccc2C1=O)Nc1cccc(Br)c1. The zero-order valence-corrected chi connectivity index (χ0v) is 15.0. The Labute approximate surface area is 157 Å². The third kappa shape index (κ3) is 3.80. The van der Waals surface area contributed by atoms with Crippen molar-refractivity contribution < 1.29 is 23.9 Å². The van der Waals surface area contributed by atoms with Gasteiger partial charge in [0.2, 0.25) is 0 Å². The number of rotatable bonds is 5. The van der Waals surface area contributed by atoms with Crippen molar-refractivity contribution in [3.8, 4) is 0 Å². The largest absolute Gasteiger partial charge is 0.454 e. The number of benzene rings is 2. The molecule has 8 heteroatoms. The van der Waals surface area contributed by atoms with Gasteiger partial charge in [0.05, 0.1) is 11.1 Å². The van der Waals surface area contributed by atoms with Crippen LogP contribution in [-0.4, -0.2) is 41.7 Å². The number of carbonyl (C=O) groups excluding carboxylic acids is 4. The van der Waals surface area contributed by atoms with Crippen molar-refractivity contribution in [3.63, 3.8) is 0 Å². The number of hydrogen-bond donors (Lipinski definition) is 1. The first-order valence-electron chi connectivity index (χ1n) is 7.62. The molecule has 26 heavy (non-hydrogen) atoms. The van der Waals surface area contributed by atoms with E-state index < -0.39 is 36.8 Å². The first kappa shape index (κ1) is 17.8. The van der Waals surface area contributed by atoms with Crippen LogP contribution < -0.4 is 5.32 Å². The normalized spacial score (nSPS) is 12.7. The van der Waals surface area contributed by atoms with Crippen molar-refractivity contribution in [2.75, 3.05) is 18.5 Å². The summed E-state index contributed by atoms with van der Waals surface area (Å²) in [4.78, 5) is 48.9. The number of hydrogen-bond acceptors (Lipinski definition) is 5. The lowest BCUT2D eigenvalue weighted by Crippen LogP contribution is -2.36. The Morgan fingerprint density at radius 3 is 2.27 bits per heavy atom. The van der Waals surface area contributed by atoms with Gasteiger partial charge in [-0.3, -0.25) is 24.1 Å². The van der Waals surface area contributed by atoms with E-state index >= 15 is 0 Å². The number of nitrogens with zero attached hydrogens (tertiary/aromatic N) is 1. The van der Waals surface area contributed by atoms with Gasteiger partial charge in [-0.2, -0.15) is 0 Å². The second-order valence-corrected chi connectivity index (χ2v) is 6.38. The Morgan fingerprint density at radius 2 is 1.65 bits per heavy atom. The monoisotopic (exact) mass is 416 g/mol. The van der Waals surface area contributed by atoms with Gasteiger partial charge in [0, 0.05) is 10.2 Å². The average Bonchev–Trinajstić information content (AvgIpc) is 2.85. The minimum Gasteiger partial charge on any atom is -0.454 e. The van der Waals surface area contributed by atoms with Crippen molar-refractivity contribution in [3.05, 3.63) is 64.1 Å². The van der Waals surface area contributed by atoms with Crippen LogP contribution in [0.2, 0.25) is 0 Å². The van der Waals surface area contributed by atoms with Crippen LogP contribution in [0.4, 0.5) is 5.69 Å². The lowest BCUT2D eigenvalue weighted by atomic mass is 10.1. The molecule has 1 aliphatic heterocycles. The van der Waals surface area contributed by atoms with Gasteiger partial charge in [0.25, 0.3) is 17.7 Å². The Balaban J connectivity index is 1.53. The van der Waals surface area contributed by atoms with E-state index in [0.29, 0.717) is 5.69 Å². The number of anilines is 1. The molecule has 0 saturated heterocycles. The van der Waals surface area contributed by atoms with E-state index in [4.69, 9.17) is 4.74 Å². The number of nitrogens with one attached hydrogen (secondary N) is 1. The predicted molar refractivity (Wildman–Crippen MR) is 95.5 cm³/mol. The van der Waals surface area contributed by atoms with Crippen LogP contribution in [-0.2, 0) is 14.3 Å². The summed E-state index contributed by atoms with van der Waals surface area (Å²) in [5, 5.41) is 2.57. The number of halogens is 1. The molecule has 0 radical (unpaired) electrons. The van der Waals surface area contributed by atoms with E-state index in [1.807, 2.05) is 0 Å². The summed E-state index contributed by atoms with van der Waals surface area (Å²) in [7, 11) is 0. The zero-order chi connectivity index (χ0) is 18.7. The van der Waals surface area contributed by atoms with Crippen LogP contribution in [0, 0.1) is 0 Å². The average molecular weight is 417 g/mol. The molecule has 1 aliphatic rings. The Bertz CT molecular complexity index is 877. The van der Waals surface area contributed by atoms with Gasteiger partial charge in [-0.1, -0.05) is 34.1 Å². The standard InChI is InChI=1S/C18H13BrN2O5/c19-11-4-3-5-12(8-11)20-15(22)10-26-16(23)9-21-17(24)13-6-1-2-7-14(13)18(21)25/h1-8H,9-10H2,(H,20,22). The van der Waals surface area contributed by atoms with Crippen LogP contribution in [0.3, 0.4) is 0 Å². The Morgan fingerprint density at radius 1 is 1.00 bits per heavy atom. The molecule has 0 unspecified atom stereocenters. The molecule has 3 amide bonds. The summed E-state index contributed by atoms with van der Waals surface area (Å²) in [5.74, 6) is -2.48. The second kappa shape index (κ2) is 7.49. The summed E-state index contributed by atoms with van der Waals surface area (Å²) >= 11 is 3.28. The van der Waals surface area contributed by atoms with E-state index in [-0.39, 0.29) is 11.1 Å². The molecule has 0 aromatic heterocycles. The summed E-state index contributed by atoms with van der Waals surface area (Å²) < 4.78 is 5.64. The lowest BCUT2D eigenvalue weighted by molar-refractivity contribution is -0.147. The van der Waals surface area contributed by atoms with Crippen LogP contribution >= 0.6 is 15.9 Å². The minimum absolute atomic E-state index is 0.248. The molecule has 1 heterocycles. The molecule has 0 fully saturated rings. The van der Waals surface area contributed by atoms with Gasteiger partial charge in [-0.05, 0) is 30.3 Å². The van der Waals surface area contributed by atoms with Crippen LogP contribution in [0.5, 0.6) is 0 Å². The topological polar surface area (TPSA) is 92.8 Å². The van der Waals surface area contributed by atoms with Crippen LogP contribution in [0.1, 0.15) is 20.7 Å². The molecular weight excluding hydrogens is 404 g/mol. The highest BCUT2D eigenvalue weighted by atomic mass is 79.9. The van der Waals surface area contributed by atoms with Gasteiger partial charge < -0.3 is 10.1 Å². The van der Waals surface area contributed by atoms with E-state index in [9.17, 15) is 19.2 Å². The first-order chi connectivity index (χ1) is 12.5.